The molecule has 0 saturated carbocycles. The number of hydrogen-bond acceptors (Lipinski definition) is 3. The van der Waals surface area contributed by atoms with Crippen LogP contribution >= 0.6 is 11.6 Å². The molecule has 0 fully saturated rings. The number of rotatable bonds is 3. The lowest BCUT2D eigenvalue weighted by atomic mass is 10.1. The molecular weight excluding hydrogens is 176 g/mol. The molecule has 1 heterocycles. The van der Waals surface area contributed by atoms with Crippen LogP contribution in [0.5, 0.6) is 0 Å². The van der Waals surface area contributed by atoms with Gasteiger partial charge in [0.25, 0.3) is 0 Å². The van der Waals surface area contributed by atoms with Gasteiger partial charge in [0.05, 0.1) is 12.6 Å². The number of ether oxygens (including phenoxy) is 1. The van der Waals surface area contributed by atoms with E-state index < -0.39 is 0 Å². The third-order valence-electron chi connectivity index (χ3n) is 1.52. The smallest absolute Gasteiger partial charge is 0.129 e. The quantitative estimate of drug-likeness (QED) is 0.726. The van der Waals surface area contributed by atoms with Crippen LogP contribution in [-0.4, -0.2) is 18.7 Å². The Morgan fingerprint density at radius 3 is 2.92 bits per heavy atom. The zero-order chi connectivity index (χ0) is 8.97. The monoisotopic (exact) mass is 186 g/mol. The van der Waals surface area contributed by atoms with E-state index in [2.05, 4.69) is 4.98 Å². The largest absolute Gasteiger partial charge is 0.383 e. The number of hydrogen-bond donors (Lipinski definition) is 1. The summed E-state index contributed by atoms with van der Waals surface area (Å²) >= 11 is 5.61. The molecule has 1 atom stereocenters. The van der Waals surface area contributed by atoms with Crippen LogP contribution in [0.1, 0.15) is 11.6 Å². The van der Waals surface area contributed by atoms with Crippen LogP contribution in [-0.2, 0) is 4.74 Å². The molecule has 0 aliphatic rings. The van der Waals surface area contributed by atoms with Crippen LogP contribution in [0.3, 0.4) is 0 Å². The molecule has 1 rings (SSSR count). The minimum absolute atomic E-state index is 0.125. The summed E-state index contributed by atoms with van der Waals surface area (Å²) < 4.78 is 4.90. The SMILES string of the molecule is COC[C@H](N)c1ccc(Cl)nc1. The Bertz CT molecular complexity index is 237. The molecule has 0 aliphatic heterocycles. The van der Waals surface area contributed by atoms with E-state index in [0.717, 1.165) is 5.56 Å². The molecule has 1 aromatic heterocycles. The number of nitrogens with two attached hydrogens (primary N) is 1. The molecule has 2 N–H and O–H groups in total. The molecular formula is C8H11ClN2O. The minimum atomic E-state index is -0.125. The Hall–Kier alpha value is -0.640. The molecule has 0 radical (unpaired) electrons. The van der Waals surface area contributed by atoms with Crippen molar-refractivity contribution in [2.45, 2.75) is 6.04 Å². The first-order valence-electron chi connectivity index (χ1n) is 3.60. The van der Waals surface area contributed by atoms with Crippen LogP contribution in [0.25, 0.3) is 0 Å². The van der Waals surface area contributed by atoms with Gasteiger partial charge < -0.3 is 10.5 Å². The molecule has 0 amide bonds. The van der Waals surface area contributed by atoms with Gasteiger partial charge in [0.2, 0.25) is 0 Å². The van der Waals surface area contributed by atoms with Crippen LogP contribution in [0.2, 0.25) is 5.15 Å². The fraction of sp³-hybridized carbons (Fsp3) is 0.375. The van der Waals surface area contributed by atoms with E-state index >= 15 is 0 Å². The van der Waals surface area contributed by atoms with Crippen molar-refractivity contribution in [1.29, 1.82) is 0 Å². The van der Waals surface area contributed by atoms with Gasteiger partial charge in [-0.1, -0.05) is 17.7 Å². The van der Waals surface area contributed by atoms with Crippen molar-refractivity contribution in [2.75, 3.05) is 13.7 Å². The van der Waals surface area contributed by atoms with Gasteiger partial charge in [0, 0.05) is 13.3 Å². The van der Waals surface area contributed by atoms with Gasteiger partial charge in [0.1, 0.15) is 5.15 Å². The standard InChI is InChI=1S/C8H11ClN2O/c1-12-5-7(10)6-2-3-8(9)11-4-6/h2-4,7H,5,10H2,1H3/t7-/m0/s1. The molecule has 0 aliphatic carbocycles. The normalized spacial score (nSPS) is 12.9. The van der Waals surface area contributed by atoms with Crippen molar-refractivity contribution in [2.24, 2.45) is 5.73 Å². The number of aromatic nitrogens is 1. The summed E-state index contributed by atoms with van der Waals surface area (Å²) in [7, 11) is 1.61. The van der Waals surface area contributed by atoms with Crippen molar-refractivity contribution in [3.8, 4) is 0 Å². The lowest BCUT2D eigenvalue weighted by molar-refractivity contribution is 0.181. The van der Waals surface area contributed by atoms with Crippen molar-refractivity contribution in [1.82, 2.24) is 4.98 Å². The van der Waals surface area contributed by atoms with Crippen molar-refractivity contribution >= 4 is 11.6 Å². The van der Waals surface area contributed by atoms with Gasteiger partial charge in [0.15, 0.2) is 0 Å². The summed E-state index contributed by atoms with van der Waals surface area (Å²) in [5.41, 5.74) is 6.68. The van der Waals surface area contributed by atoms with Crippen LogP contribution in [0.15, 0.2) is 18.3 Å². The first kappa shape index (κ1) is 9.45. The van der Waals surface area contributed by atoms with Gasteiger partial charge in [-0.15, -0.1) is 0 Å². The highest BCUT2D eigenvalue weighted by atomic mass is 35.5. The maximum absolute atomic E-state index is 5.75. The van der Waals surface area contributed by atoms with Crippen LogP contribution < -0.4 is 5.73 Å². The second-order valence-corrected chi connectivity index (χ2v) is 2.86. The Balaban J connectivity index is 2.68. The average Bonchev–Trinajstić information content (AvgIpc) is 2.06. The van der Waals surface area contributed by atoms with Crippen LogP contribution in [0.4, 0.5) is 0 Å². The Morgan fingerprint density at radius 2 is 2.42 bits per heavy atom. The topological polar surface area (TPSA) is 48.1 Å². The number of nitrogens with zero attached hydrogens (tertiary/aromatic N) is 1. The first-order valence-corrected chi connectivity index (χ1v) is 3.98. The summed E-state index contributed by atoms with van der Waals surface area (Å²) in [6.07, 6.45) is 1.66. The van der Waals surface area contributed by atoms with Gasteiger partial charge in [-0.05, 0) is 11.6 Å². The zero-order valence-corrected chi connectivity index (χ0v) is 7.58. The van der Waals surface area contributed by atoms with E-state index in [-0.39, 0.29) is 6.04 Å². The molecule has 0 spiro atoms. The van der Waals surface area contributed by atoms with E-state index in [0.29, 0.717) is 11.8 Å². The zero-order valence-electron chi connectivity index (χ0n) is 6.83. The maximum Gasteiger partial charge on any atom is 0.129 e. The second-order valence-electron chi connectivity index (χ2n) is 2.48. The predicted molar refractivity (Wildman–Crippen MR) is 48.1 cm³/mol. The Morgan fingerprint density at radius 1 is 1.67 bits per heavy atom. The summed E-state index contributed by atoms with van der Waals surface area (Å²) in [4.78, 5) is 3.91. The molecule has 66 valence electrons. The molecule has 4 heteroatoms. The predicted octanol–water partition coefficient (Wildman–Crippen LogP) is 1.38. The van der Waals surface area contributed by atoms with Crippen molar-refractivity contribution in [3.05, 3.63) is 29.0 Å². The Labute approximate surface area is 76.5 Å². The van der Waals surface area contributed by atoms with E-state index in [9.17, 15) is 0 Å². The number of halogens is 1. The highest BCUT2D eigenvalue weighted by Gasteiger charge is 2.04. The van der Waals surface area contributed by atoms with Gasteiger partial charge >= 0.3 is 0 Å². The molecule has 0 bridgehead atoms. The van der Waals surface area contributed by atoms with Gasteiger partial charge in [-0.2, -0.15) is 0 Å². The fourth-order valence-electron chi connectivity index (χ4n) is 0.882. The minimum Gasteiger partial charge on any atom is -0.383 e. The van der Waals surface area contributed by atoms with E-state index in [1.807, 2.05) is 6.07 Å². The van der Waals surface area contributed by atoms with Crippen molar-refractivity contribution in [3.63, 3.8) is 0 Å². The fourth-order valence-corrected chi connectivity index (χ4v) is 0.994. The summed E-state index contributed by atoms with van der Waals surface area (Å²) in [6, 6.07) is 3.44. The molecule has 3 nitrogen and oxygen atoms in total. The molecule has 1 aromatic rings. The molecule has 0 saturated heterocycles. The lowest BCUT2D eigenvalue weighted by Gasteiger charge is -2.09. The van der Waals surface area contributed by atoms with Gasteiger partial charge in [-0.3, -0.25) is 0 Å². The third-order valence-corrected chi connectivity index (χ3v) is 1.75. The third kappa shape index (κ3) is 2.44. The molecule has 12 heavy (non-hydrogen) atoms. The number of pyridine rings is 1. The average molecular weight is 187 g/mol. The summed E-state index contributed by atoms with van der Waals surface area (Å²) in [6.45, 7) is 0.489. The lowest BCUT2D eigenvalue weighted by Crippen LogP contribution is -2.16. The van der Waals surface area contributed by atoms with Crippen molar-refractivity contribution < 1.29 is 4.74 Å². The second kappa shape index (κ2) is 4.40. The highest BCUT2D eigenvalue weighted by Crippen LogP contribution is 2.11. The summed E-state index contributed by atoms with van der Waals surface area (Å²) in [5.74, 6) is 0. The number of methoxy groups -OCH3 is 1. The van der Waals surface area contributed by atoms with Gasteiger partial charge in [-0.25, -0.2) is 4.98 Å². The first-order chi connectivity index (χ1) is 5.74. The highest BCUT2D eigenvalue weighted by molar-refractivity contribution is 6.29. The molecule has 0 unspecified atom stereocenters. The van der Waals surface area contributed by atoms with E-state index in [1.54, 1.807) is 19.4 Å². The van der Waals surface area contributed by atoms with E-state index in [1.165, 1.54) is 0 Å². The van der Waals surface area contributed by atoms with E-state index in [4.69, 9.17) is 22.1 Å². The summed E-state index contributed by atoms with van der Waals surface area (Å²) in [5, 5.41) is 0.475. The maximum atomic E-state index is 5.75. The Kier molecular flexibility index (Phi) is 3.47. The van der Waals surface area contributed by atoms with Crippen LogP contribution in [0, 0.1) is 0 Å². The molecule has 0 aromatic carbocycles.